The Balaban J connectivity index is 2.31. The molecule has 0 radical (unpaired) electrons. The summed E-state index contributed by atoms with van der Waals surface area (Å²) in [5.41, 5.74) is 3.90. The van der Waals surface area contributed by atoms with Crippen molar-refractivity contribution in [1.82, 2.24) is 5.32 Å². The van der Waals surface area contributed by atoms with Gasteiger partial charge in [0, 0.05) is 0 Å². The molecule has 0 aliphatic carbocycles. The van der Waals surface area contributed by atoms with Crippen LogP contribution in [0.5, 0.6) is 0 Å². The van der Waals surface area contributed by atoms with Crippen LogP contribution >= 0.6 is 0 Å². The van der Waals surface area contributed by atoms with Gasteiger partial charge >= 0.3 is 0 Å². The number of benzene rings is 1. The molecule has 1 atom stereocenters. The van der Waals surface area contributed by atoms with E-state index < -0.39 is 0 Å². The molecular formula is C18H25NO. The Morgan fingerprint density at radius 3 is 2.65 bits per heavy atom. The van der Waals surface area contributed by atoms with Crippen molar-refractivity contribution in [2.24, 2.45) is 0 Å². The van der Waals surface area contributed by atoms with Crippen molar-refractivity contribution in [2.75, 3.05) is 6.54 Å². The van der Waals surface area contributed by atoms with Crippen molar-refractivity contribution in [1.29, 1.82) is 0 Å². The molecule has 0 amide bonds. The van der Waals surface area contributed by atoms with Gasteiger partial charge in [0.05, 0.1) is 12.3 Å². The third kappa shape index (κ3) is 3.51. The third-order valence-electron chi connectivity index (χ3n) is 3.59. The van der Waals surface area contributed by atoms with Crippen molar-refractivity contribution in [2.45, 2.75) is 46.1 Å². The highest BCUT2D eigenvalue weighted by Gasteiger charge is 2.18. The number of furan rings is 1. The van der Waals surface area contributed by atoms with Crippen LogP contribution in [0.15, 0.2) is 41.0 Å². The van der Waals surface area contributed by atoms with Crippen molar-refractivity contribution in [3.8, 4) is 0 Å². The van der Waals surface area contributed by atoms with Crippen LogP contribution in [-0.2, 0) is 6.42 Å². The molecule has 2 heteroatoms. The first-order valence-electron chi connectivity index (χ1n) is 7.62. The van der Waals surface area contributed by atoms with Crippen LogP contribution in [0.4, 0.5) is 0 Å². The van der Waals surface area contributed by atoms with Gasteiger partial charge in [-0.3, -0.25) is 0 Å². The Bertz CT molecular complexity index is 530. The Hall–Kier alpha value is -1.54. The molecule has 1 heterocycles. The van der Waals surface area contributed by atoms with Gasteiger partial charge in [-0.15, -0.1) is 0 Å². The highest BCUT2D eigenvalue weighted by molar-refractivity contribution is 5.33. The lowest BCUT2D eigenvalue weighted by Crippen LogP contribution is -2.23. The molecule has 0 aliphatic rings. The summed E-state index contributed by atoms with van der Waals surface area (Å²) in [4.78, 5) is 0. The van der Waals surface area contributed by atoms with E-state index in [1.807, 2.05) is 6.07 Å². The zero-order valence-electron chi connectivity index (χ0n) is 12.8. The lowest BCUT2D eigenvalue weighted by Gasteiger charge is -2.18. The molecule has 1 aromatic carbocycles. The minimum absolute atomic E-state index is 0.154. The molecule has 2 rings (SSSR count). The van der Waals surface area contributed by atoms with Crippen LogP contribution in [0.2, 0.25) is 0 Å². The Kier molecular flexibility index (Phi) is 5.42. The van der Waals surface area contributed by atoms with Gasteiger partial charge in [0.15, 0.2) is 0 Å². The summed E-state index contributed by atoms with van der Waals surface area (Å²) >= 11 is 0. The predicted octanol–water partition coefficient (Wildman–Crippen LogP) is 4.63. The highest BCUT2D eigenvalue weighted by atomic mass is 16.3. The fourth-order valence-electron chi connectivity index (χ4n) is 2.55. The average Bonchev–Trinajstić information content (AvgIpc) is 2.87. The smallest absolute Gasteiger partial charge is 0.128 e. The van der Waals surface area contributed by atoms with E-state index in [2.05, 4.69) is 50.4 Å². The number of hydrogen-bond acceptors (Lipinski definition) is 2. The normalized spacial score (nSPS) is 12.6. The number of hydrogen-bond donors (Lipinski definition) is 1. The molecule has 2 nitrogen and oxygen atoms in total. The standard InChI is InChI=1S/C18H25NO/c1-4-7-15-8-6-9-16(13-15)17(19-11-5-2)18-14(3)10-12-20-18/h6,8-10,12-13,17,19H,4-5,7,11H2,1-3H3. The first-order chi connectivity index (χ1) is 9.76. The van der Waals surface area contributed by atoms with Crippen molar-refractivity contribution in [3.05, 3.63) is 59.0 Å². The lowest BCUT2D eigenvalue weighted by atomic mass is 9.98. The van der Waals surface area contributed by atoms with Crippen molar-refractivity contribution >= 4 is 0 Å². The summed E-state index contributed by atoms with van der Waals surface area (Å²) in [6.07, 6.45) is 5.20. The largest absolute Gasteiger partial charge is 0.467 e. The molecule has 0 spiro atoms. The quantitative estimate of drug-likeness (QED) is 0.794. The molecule has 0 fully saturated rings. The molecule has 1 unspecified atom stereocenters. The monoisotopic (exact) mass is 271 g/mol. The zero-order chi connectivity index (χ0) is 14.4. The zero-order valence-corrected chi connectivity index (χ0v) is 12.8. The average molecular weight is 271 g/mol. The maximum atomic E-state index is 5.72. The predicted molar refractivity (Wildman–Crippen MR) is 84.0 cm³/mol. The van der Waals surface area contributed by atoms with Gasteiger partial charge in [-0.2, -0.15) is 0 Å². The van der Waals surface area contributed by atoms with E-state index in [1.165, 1.54) is 23.1 Å². The molecule has 1 N–H and O–H groups in total. The Morgan fingerprint density at radius 2 is 2.00 bits per heavy atom. The topological polar surface area (TPSA) is 25.2 Å². The minimum Gasteiger partial charge on any atom is -0.467 e. The molecule has 1 aromatic heterocycles. The van der Waals surface area contributed by atoms with E-state index >= 15 is 0 Å². The maximum Gasteiger partial charge on any atom is 0.128 e. The molecular weight excluding hydrogens is 246 g/mol. The van der Waals surface area contributed by atoms with E-state index in [4.69, 9.17) is 4.42 Å². The van der Waals surface area contributed by atoms with Crippen LogP contribution in [0.3, 0.4) is 0 Å². The number of aryl methyl sites for hydroxylation is 2. The summed E-state index contributed by atoms with van der Waals surface area (Å²) < 4.78 is 5.72. The fraction of sp³-hybridized carbons (Fsp3) is 0.444. The van der Waals surface area contributed by atoms with Crippen molar-refractivity contribution < 1.29 is 4.42 Å². The van der Waals surface area contributed by atoms with Crippen molar-refractivity contribution in [3.63, 3.8) is 0 Å². The van der Waals surface area contributed by atoms with Gasteiger partial charge < -0.3 is 9.73 Å². The summed E-state index contributed by atoms with van der Waals surface area (Å²) in [5, 5.41) is 3.60. The summed E-state index contributed by atoms with van der Waals surface area (Å²) in [5.74, 6) is 1.03. The fourth-order valence-corrected chi connectivity index (χ4v) is 2.55. The van der Waals surface area contributed by atoms with Gasteiger partial charge in [-0.25, -0.2) is 0 Å². The molecule has 108 valence electrons. The third-order valence-corrected chi connectivity index (χ3v) is 3.59. The van der Waals surface area contributed by atoms with Gasteiger partial charge in [0.2, 0.25) is 0 Å². The summed E-state index contributed by atoms with van der Waals surface area (Å²) in [6, 6.07) is 11.0. The van der Waals surface area contributed by atoms with Gasteiger partial charge in [-0.1, -0.05) is 44.5 Å². The summed E-state index contributed by atoms with van der Waals surface area (Å²) in [6.45, 7) is 7.50. The van der Waals surface area contributed by atoms with Crippen LogP contribution in [0.1, 0.15) is 55.2 Å². The van der Waals surface area contributed by atoms with Crippen LogP contribution in [0, 0.1) is 6.92 Å². The molecule has 20 heavy (non-hydrogen) atoms. The van der Waals surface area contributed by atoms with E-state index in [-0.39, 0.29) is 6.04 Å². The molecule has 0 saturated heterocycles. The lowest BCUT2D eigenvalue weighted by molar-refractivity contribution is 0.444. The number of nitrogens with one attached hydrogen (secondary N) is 1. The second-order valence-electron chi connectivity index (χ2n) is 5.35. The highest BCUT2D eigenvalue weighted by Crippen LogP contribution is 2.26. The van der Waals surface area contributed by atoms with Gasteiger partial charge in [0.25, 0.3) is 0 Å². The number of rotatable bonds is 7. The van der Waals surface area contributed by atoms with E-state index in [1.54, 1.807) is 6.26 Å². The second-order valence-corrected chi connectivity index (χ2v) is 5.35. The molecule has 2 aromatic rings. The Labute approximate surface area is 122 Å². The molecule has 0 saturated carbocycles. The molecule has 0 bridgehead atoms. The van der Waals surface area contributed by atoms with E-state index in [9.17, 15) is 0 Å². The van der Waals surface area contributed by atoms with Gasteiger partial charge in [0.1, 0.15) is 5.76 Å². The van der Waals surface area contributed by atoms with Crippen LogP contribution < -0.4 is 5.32 Å². The first kappa shape index (κ1) is 14.9. The Morgan fingerprint density at radius 1 is 1.15 bits per heavy atom. The van der Waals surface area contributed by atoms with Crippen LogP contribution in [-0.4, -0.2) is 6.54 Å². The van der Waals surface area contributed by atoms with Crippen LogP contribution in [0.25, 0.3) is 0 Å². The summed E-state index contributed by atoms with van der Waals surface area (Å²) in [7, 11) is 0. The second kappa shape index (κ2) is 7.30. The SMILES string of the molecule is CCCNC(c1cccc(CCC)c1)c1occc1C. The van der Waals surface area contributed by atoms with E-state index in [0.717, 1.165) is 25.1 Å². The van der Waals surface area contributed by atoms with E-state index in [0.29, 0.717) is 0 Å². The molecule has 0 aliphatic heterocycles. The first-order valence-corrected chi connectivity index (χ1v) is 7.62. The van der Waals surface area contributed by atoms with Gasteiger partial charge in [-0.05, 0) is 49.1 Å². The minimum atomic E-state index is 0.154. The maximum absolute atomic E-state index is 5.72.